The van der Waals surface area contributed by atoms with Crippen LogP contribution in [0.5, 0.6) is 17.4 Å². The van der Waals surface area contributed by atoms with E-state index < -0.39 is 46.5 Å². The van der Waals surface area contributed by atoms with E-state index in [0.29, 0.717) is 17.6 Å². The molecule has 182 valence electrons. The van der Waals surface area contributed by atoms with Gasteiger partial charge in [0, 0.05) is 16.7 Å². The van der Waals surface area contributed by atoms with Gasteiger partial charge in [-0.1, -0.05) is 18.2 Å². The number of halogens is 6. The van der Waals surface area contributed by atoms with Crippen LogP contribution in [0, 0.1) is 17.1 Å². The summed E-state index contributed by atoms with van der Waals surface area (Å²) in [5.41, 5.74) is -2.96. The van der Waals surface area contributed by atoms with Crippen molar-refractivity contribution in [2.24, 2.45) is 0 Å². The van der Waals surface area contributed by atoms with Crippen LogP contribution in [0.3, 0.4) is 0 Å². The molecule has 0 aliphatic heterocycles. The standard InChI is InChI=1S/C22H14ClF5N4O3/c1-3-14-5-4-11(19(31-14)34-2)9-32-10-30-18(22(27,28)21(25)26)17(20(32)33)35-15-7-13(23)6-12(8-29)16(15)24/h3-7,10,21H,1,9H2,2H3. The fraction of sp³-hybridized carbons (Fsp3) is 0.182. The van der Waals surface area contributed by atoms with Crippen molar-refractivity contribution in [2.45, 2.75) is 18.9 Å². The Morgan fingerprint density at radius 3 is 2.66 bits per heavy atom. The largest absolute Gasteiger partial charge is 0.481 e. The van der Waals surface area contributed by atoms with Gasteiger partial charge in [-0.05, 0) is 24.3 Å². The van der Waals surface area contributed by atoms with E-state index in [1.807, 2.05) is 0 Å². The van der Waals surface area contributed by atoms with Crippen molar-refractivity contribution in [3.63, 3.8) is 0 Å². The van der Waals surface area contributed by atoms with Crippen molar-refractivity contribution < 1.29 is 31.4 Å². The smallest absolute Gasteiger partial charge is 0.352 e. The van der Waals surface area contributed by atoms with Gasteiger partial charge in [-0.15, -0.1) is 0 Å². The molecule has 0 unspecified atom stereocenters. The Hall–Kier alpha value is -3.98. The maximum absolute atomic E-state index is 14.6. The number of benzene rings is 1. The number of nitrogens with zero attached hydrogens (tertiary/aromatic N) is 4. The number of nitriles is 1. The zero-order chi connectivity index (χ0) is 25.9. The molecule has 35 heavy (non-hydrogen) atoms. The topological polar surface area (TPSA) is 90.0 Å². The van der Waals surface area contributed by atoms with E-state index in [2.05, 4.69) is 16.5 Å². The van der Waals surface area contributed by atoms with Gasteiger partial charge in [-0.25, -0.2) is 23.1 Å². The van der Waals surface area contributed by atoms with Crippen molar-refractivity contribution in [3.8, 4) is 23.4 Å². The van der Waals surface area contributed by atoms with E-state index in [4.69, 9.17) is 26.3 Å². The lowest BCUT2D eigenvalue weighted by Gasteiger charge is -2.19. The Balaban J connectivity index is 2.19. The van der Waals surface area contributed by atoms with Gasteiger partial charge in [0.1, 0.15) is 6.07 Å². The highest BCUT2D eigenvalue weighted by atomic mass is 35.5. The summed E-state index contributed by atoms with van der Waals surface area (Å²) in [7, 11) is 1.30. The first-order chi connectivity index (χ1) is 16.5. The molecular formula is C22H14ClF5N4O3. The number of alkyl halides is 4. The monoisotopic (exact) mass is 512 g/mol. The molecule has 0 atom stereocenters. The van der Waals surface area contributed by atoms with Crippen molar-refractivity contribution in [3.05, 3.63) is 80.9 Å². The molecule has 0 saturated carbocycles. The third-order valence-corrected chi connectivity index (χ3v) is 4.84. The first kappa shape index (κ1) is 25.6. The van der Waals surface area contributed by atoms with Crippen molar-refractivity contribution in [1.29, 1.82) is 5.26 Å². The number of aromatic nitrogens is 3. The molecule has 2 heterocycles. The molecule has 0 aliphatic carbocycles. The highest BCUT2D eigenvalue weighted by molar-refractivity contribution is 6.30. The van der Waals surface area contributed by atoms with Crippen molar-refractivity contribution in [2.75, 3.05) is 7.11 Å². The lowest BCUT2D eigenvalue weighted by molar-refractivity contribution is -0.139. The first-order valence-electron chi connectivity index (χ1n) is 9.52. The first-order valence-corrected chi connectivity index (χ1v) is 9.90. The SMILES string of the molecule is C=Cc1ccc(Cn2cnc(C(F)(F)C(F)F)c(Oc3cc(Cl)cc(C#N)c3F)c2=O)c(OC)n1. The summed E-state index contributed by atoms with van der Waals surface area (Å²) in [5.74, 6) is -8.49. The number of hydrogen-bond acceptors (Lipinski definition) is 6. The van der Waals surface area contributed by atoms with E-state index >= 15 is 0 Å². The predicted octanol–water partition coefficient (Wildman–Crippen LogP) is 5.15. The molecule has 3 aromatic rings. The van der Waals surface area contributed by atoms with E-state index in [1.165, 1.54) is 31.4 Å². The Morgan fingerprint density at radius 2 is 2.06 bits per heavy atom. The number of ether oxygens (including phenoxy) is 2. The number of methoxy groups -OCH3 is 1. The van der Waals surface area contributed by atoms with Gasteiger partial charge >= 0.3 is 12.3 Å². The van der Waals surface area contributed by atoms with E-state index in [9.17, 15) is 26.7 Å². The molecule has 3 rings (SSSR count). The van der Waals surface area contributed by atoms with E-state index in [1.54, 1.807) is 0 Å². The van der Waals surface area contributed by atoms with E-state index in [0.717, 1.165) is 16.7 Å². The Labute approximate surface area is 199 Å². The van der Waals surface area contributed by atoms with Gasteiger partial charge in [-0.2, -0.15) is 14.0 Å². The van der Waals surface area contributed by atoms with Gasteiger partial charge in [0.05, 0.1) is 31.2 Å². The normalized spacial score (nSPS) is 11.3. The summed E-state index contributed by atoms with van der Waals surface area (Å²) in [4.78, 5) is 20.5. The molecule has 13 heteroatoms. The molecule has 2 aromatic heterocycles. The minimum Gasteiger partial charge on any atom is -0.481 e. The quantitative estimate of drug-likeness (QED) is 0.388. The number of rotatable bonds is 8. The van der Waals surface area contributed by atoms with Crippen LogP contribution in [0.4, 0.5) is 22.0 Å². The summed E-state index contributed by atoms with van der Waals surface area (Å²) in [6, 6.07) is 6.23. The van der Waals surface area contributed by atoms with Gasteiger partial charge in [0.25, 0.3) is 5.56 Å². The second-order valence-corrected chi connectivity index (χ2v) is 7.30. The third kappa shape index (κ3) is 5.09. The molecule has 0 spiro atoms. The summed E-state index contributed by atoms with van der Waals surface area (Å²) >= 11 is 5.79. The zero-order valence-corrected chi connectivity index (χ0v) is 18.5. The molecule has 0 aliphatic rings. The number of hydrogen-bond donors (Lipinski definition) is 0. The van der Waals surface area contributed by atoms with Crippen LogP contribution >= 0.6 is 11.6 Å². The summed E-state index contributed by atoms with van der Waals surface area (Å²) in [5, 5.41) is 8.78. The van der Waals surface area contributed by atoms with Gasteiger partial charge < -0.3 is 9.47 Å². The lowest BCUT2D eigenvalue weighted by atomic mass is 10.2. The van der Waals surface area contributed by atoms with Crippen LogP contribution in [-0.2, 0) is 12.5 Å². The number of pyridine rings is 1. The Kier molecular flexibility index (Phi) is 7.40. The molecule has 0 radical (unpaired) electrons. The van der Waals surface area contributed by atoms with Gasteiger partial charge in [-0.3, -0.25) is 9.36 Å². The molecule has 0 saturated heterocycles. The molecule has 7 nitrogen and oxygen atoms in total. The molecule has 0 bridgehead atoms. The molecule has 1 aromatic carbocycles. The zero-order valence-electron chi connectivity index (χ0n) is 17.7. The highest BCUT2D eigenvalue weighted by Gasteiger charge is 2.48. The predicted molar refractivity (Wildman–Crippen MR) is 115 cm³/mol. The van der Waals surface area contributed by atoms with Gasteiger partial charge in [0.2, 0.25) is 11.6 Å². The van der Waals surface area contributed by atoms with Crippen LogP contribution in [-0.4, -0.2) is 28.1 Å². The summed E-state index contributed by atoms with van der Waals surface area (Å²) in [6.45, 7) is 3.22. The van der Waals surface area contributed by atoms with Gasteiger partial charge in [0.15, 0.2) is 17.3 Å². The second kappa shape index (κ2) is 10.1. The summed E-state index contributed by atoms with van der Waals surface area (Å²) in [6.07, 6.45) is -2.22. The van der Waals surface area contributed by atoms with Crippen LogP contribution < -0.4 is 15.0 Å². The molecular weight excluding hydrogens is 499 g/mol. The highest BCUT2D eigenvalue weighted by Crippen LogP contribution is 2.39. The maximum Gasteiger partial charge on any atom is 0.352 e. The maximum atomic E-state index is 14.6. The minimum atomic E-state index is -4.93. The fourth-order valence-corrected chi connectivity index (χ4v) is 3.13. The molecule has 0 amide bonds. The van der Waals surface area contributed by atoms with Crippen LogP contribution in [0.2, 0.25) is 5.02 Å². The lowest BCUT2D eigenvalue weighted by Crippen LogP contribution is -2.32. The van der Waals surface area contributed by atoms with Crippen LogP contribution in [0.1, 0.15) is 22.5 Å². The average Bonchev–Trinajstić information content (AvgIpc) is 2.83. The van der Waals surface area contributed by atoms with Crippen molar-refractivity contribution in [1.82, 2.24) is 14.5 Å². The third-order valence-electron chi connectivity index (χ3n) is 4.63. The van der Waals surface area contributed by atoms with Crippen molar-refractivity contribution >= 4 is 17.7 Å². The Bertz CT molecular complexity index is 1390. The van der Waals surface area contributed by atoms with E-state index in [-0.39, 0.29) is 17.4 Å². The summed E-state index contributed by atoms with van der Waals surface area (Å²) < 4.78 is 80.2. The average molecular weight is 513 g/mol. The Morgan fingerprint density at radius 1 is 1.34 bits per heavy atom. The van der Waals surface area contributed by atoms with Crippen LogP contribution in [0.15, 0.2) is 42.0 Å². The minimum absolute atomic E-state index is 0.0679. The van der Waals surface area contributed by atoms with Crippen LogP contribution in [0.25, 0.3) is 6.08 Å². The second-order valence-electron chi connectivity index (χ2n) is 6.87. The molecule has 0 N–H and O–H groups in total. The molecule has 0 fully saturated rings. The fourth-order valence-electron chi connectivity index (χ4n) is 2.92.